The number of hydrogen-bond donors (Lipinski definition) is 2. The Morgan fingerprint density at radius 2 is 2.06 bits per heavy atom. The van der Waals surface area contributed by atoms with Crippen LogP contribution in [0.15, 0.2) is 12.1 Å². The Morgan fingerprint density at radius 1 is 1.41 bits per heavy atom. The van der Waals surface area contributed by atoms with E-state index in [0.29, 0.717) is 6.07 Å². The SMILES string of the molecule is O=C(O)c1[nH]c2cc(F)cc(F)c2c1[N+](=O)[O-]. The minimum Gasteiger partial charge on any atom is -0.476 e. The van der Waals surface area contributed by atoms with Crippen LogP contribution >= 0.6 is 0 Å². The molecule has 0 saturated carbocycles. The van der Waals surface area contributed by atoms with Crippen LogP contribution in [-0.4, -0.2) is 21.0 Å². The van der Waals surface area contributed by atoms with Gasteiger partial charge in [0.25, 0.3) is 0 Å². The normalized spacial score (nSPS) is 10.7. The molecule has 0 spiro atoms. The number of hydrogen-bond acceptors (Lipinski definition) is 3. The zero-order valence-corrected chi connectivity index (χ0v) is 8.03. The van der Waals surface area contributed by atoms with Crippen LogP contribution in [0.2, 0.25) is 0 Å². The average molecular weight is 242 g/mol. The number of benzene rings is 1. The number of nitrogens with zero attached hydrogens (tertiary/aromatic N) is 1. The van der Waals surface area contributed by atoms with Crippen LogP contribution in [-0.2, 0) is 0 Å². The van der Waals surface area contributed by atoms with Crippen LogP contribution in [0.4, 0.5) is 14.5 Å². The van der Waals surface area contributed by atoms with Gasteiger partial charge in [0, 0.05) is 6.07 Å². The molecule has 1 aromatic heterocycles. The third-order valence-electron chi connectivity index (χ3n) is 2.18. The fourth-order valence-corrected chi connectivity index (χ4v) is 1.57. The van der Waals surface area contributed by atoms with Crippen molar-refractivity contribution in [3.05, 3.63) is 39.6 Å². The molecule has 0 amide bonds. The summed E-state index contributed by atoms with van der Waals surface area (Å²) in [5, 5.41) is 18.9. The molecule has 2 N–H and O–H groups in total. The summed E-state index contributed by atoms with van der Waals surface area (Å²) in [6, 6.07) is 1.24. The van der Waals surface area contributed by atoms with Gasteiger partial charge in [-0.05, 0) is 6.07 Å². The number of nitro groups is 1. The van der Waals surface area contributed by atoms with Crippen molar-refractivity contribution >= 4 is 22.6 Å². The highest BCUT2D eigenvalue weighted by atomic mass is 19.1. The van der Waals surface area contributed by atoms with Gasteiger partial charge in [0.15, 0.2) is 0 Å². The van der Waals surface area contributed by atoms with E-state index < -0.39 is 39.3 Å². The number of nitrogens with one attached hydrogen (secondary N) is 1. The van der Waals surface area contributed by atoms with Gasteiger partial charge in [0.05, 0.1) is 10.4 Å². The van der Waals surface area contributed by atoms with E-state index in [4.69, 9.17) is 5.11 Å². The molecule has 0 unspecified atom stereocenters. The molecule has 1 heterocycles. The number of aromatic carboxylic acids is 1. The summed E-state index contributed by atoms with van der Waals surface area (Å²) in [4.78, 5) is 22.5. The highest BCUT2D eigenvalue weighted by Gasteiger charge is 2.29. The number of H-pyrrole nitrogens is 1. The summed E-state index contributed by atoms with van der Waals surface area (Å²) in [7, 11) is 0. The summed E-state index contributed by atoms with van der Waals surface area (Å²) in [5.74, 6) is -3.76. The lowest BCUT2D eigenvalue weighted by Crippen LogP contribution is -2.01. The second kappa shape index (κ2) is 3.51. The Hall–Kier alpha value is -2.51. The first-order chi connectivity index (χ1) is 7.91. The molecular formula is C9H4F2N2O4. The van der Waals surface area contributed by atoms with E-state index in [0.717, 1.165) is 6.07 Å². The van der Waals surface area contributed by atoms with E-state index in [2.05, 4.69) is 4.98 Å². The first-order valence-electron chi connectivity index (χ1n) is 4.30. The van der Waals surface area contributed by atoms with Crippen LogP contribution < -0.4 is 0 Å². The number of aromatic amines is 1. The summed E-state index contributed by atoms with van der Waals surface area (Å²) in [6.45, 7) is 0. The molecule has 0 aliphatic carbocycles. The number of carbonyl (C=O) groups is 1. The molecule has 2 rings (SSSR count). The number of fused-ring (bicyclic) bond motifs is 1. The topological polar surface area (TPSA) is 96.2 Å². The largest absolute Gasteiger partial charge is 0.476 e. The zero-order chi connectivity index (χ0) is 12.7. The van der Waals surface area contributed by atoms with E-state index in [1.54, 1.807) is 0 Å². The first kappa shape index (κ1) is 11.0. The maximum atomic E-state index is 13.4. The molecular weight excluding hydrogens is 238 g/mol. The van der Waals surface area contributed by atoms with Crippen LogP contribution in [0.25, 0.3) is 10.9 Å². The fraction of sp³-hybridized carbons (Fsp3) is 0. The molecule has 0 aliphatic heterocycles. The minimum absolute atomic E-state index is 0.272. The van der Waals surface area contributed by atoms with Crippen molar-refractivity contribution in [1.82, 2.24) is 4.98 Å². The summed E-state index contributed by atoms with van der Waals surface area (Å²) in [6.07, 6.45) is 0. The average Bonchev–Trinajstić information content (AvgIpc) is 2.56. The van der Waals surface area contributed by atoms with E-state index in [1.807, 2.05) is 0 Å². The van der Waals surface area contributed by atoms with Crippen LogP contribution in [0.1, 0.15) is 10.5 Å². The molecule has 6 nitrogen and oxygen atoms in total. The second-order valence-corrected chi connectivity index (χ2v) is 3.22. The zero-order valence-electron chi connectivity index (χ0n) is 8.03. The van der Waals surface area contributed by atoms with Gasteiger partial charge in [0.2, 0.25) is 5.69 Å². The third kappa shape index (κ3) is 1.59. The van der Waals surface area contributed by atoms with Crippen molar-refractivity contribution in [2.45, 2.75) is 0 Å². The molecule has 17 heavy (non-hydrogen) atoms. The molecule has 0 aliphatic rings. The predicted octanol–water partition coefficient (Wildman–Crippen LogP) is 2.05. The van der Waals surface area contributed by atoms with Crippen molar-refractivity contribution in [2.24, 2.45) is 0 Å². The Balaban J connectivity index is 2.95. The molecule has 0 radical (unpaired) electrons. The Morgan fingerprint density at radius 3 is 2.59 bits per heavy atom. The summed E-state index contributed by atoms with van der Waals surface area (Å²) < 4.78 is 26.3. The number of carboxylic acids is 1. The number of halogens is 2. The molecule has 0 saturated heterocycles. The molecule has 0 bridgehead atoms. The molecule has 1 aromatic carbocycles. The van der Waals surface area contributed by atoms with E-state index in [1.165, 1.54) is 0 Å². The minimum atomic E-state index is -1.62. The van der Waals surface area contributed by atoms with Crippen molar-refractivity contribution in [2.75, 3.05) is 0 Å². The third-order valence-corrected chi connectivity index (χ3v) is 2.18. The van der Waals surface area contributed by atoms with Crippen LogP contribution in [0, 0.1) is 21.7 Å². The molecule has 88 valence electrons. The molecule has 8 heteroatoms. The standard InChI is InChI=1S/C9H4F2N2O4/c10-3-1-4(11)6-5(2-3)12-7(9(14)15)8(6)13(16)17/h1-2,12H,(H,14,15). The monoisotopic (exact) mass is 242 g/mol. The van der Waals surface area contributed by atoms with E-state index in [-0.39, 0.29) is 5.52 Å². The highest BCUT2D eigenvalue weighted by Crippen LogP contribution is 2.32. The predicted molar refractivity (Wildman–Crippen MR) is 51.8 cm³/mol. The second-order valence-electron chi connectivity index (χ2n) is 3.22. The van der Waals surface area contributed by atoms with E-state index >= 15 is 0 Å². The molecule has 2 aromatic rings. The Bertz CT molecular complexity index is 650. The van der Waals surface area contributed by atoms with Gasteiger partial charge < -0.3 is 10.1 Å². The Labute approximate surface area is 91.6 Å². The fourth-order valence-electron chi connectivity index (χ4n) is 1.57. The van der Waals surface area contributed by atoms with Crippen molar-refractivity contribution in [3.8, 4) is 0 Å². The lowest BCUT2D eigenvalue weighted by atomic mass is 10.2. The molecule has 0 fully saturated rings. The Kier molecular flexibility index (Phi) is 2.27. The van der Waals surface area contributed by atoms with E-state index in [9.17, 15) is 23.7 Å². The summed E-state index contributed by atoms with van der Waals surface area (Å²) >= 11 is 0. The number of aromatic nitrogens is 1. The maximum absolute atomic E-state index is 13.4. The first-order valence-corrected chi connectivity index (χ1v) is 4.30. The van der Waals surface area contributed by atoms with Crippen molar-refractivity contribution in [3.63, 3.8) is 0 Å². The van der Waals surface area contributed by atoms with Crippen molar-refractivity contribution < 1.29 is 23.6 Å². The quantitative estimate of drug-likeness (QED) is 0.622. The lowest BCUT2D eigenvalue weighted by molar-refractivity contribution is -0.383. The molecule has 0 atom stereocenters. The van der Waals surface area contributed by atoms with Gasteiger partial charge in [-0.2, -0.15) is 0 Å². The highest BCUT2D eigenvalue weighted by molar-refractivity contribution is 6.02. The maximum Gasteiger partial charge on any atom is 0.359 e. The van der Waals surface area contributed by atoms with Crippen LogP contribution in [0.3, 0.4) is 0 Å². The number of rotatable bonds is 2. The van der Waals surface area contributed by atoms with Gasteiger partial charge in [-0.3, -0.25) is 10.1 Å². The van der Waals surface area contributed by atoms with Gasteiger partial charge in [-0.25, -0.2) is 13.6 Å². The summed E-state index contributed by atoms with van der Waals surface area (Å²) in [5.41, 5.74) is -1.97. The van der Waals surface area contributed by atoms with Gasteiger partial charge in [-0.1, -0.05) is 0 Å². The van der Waals surface area contributed by atoms with Crippen molar-refractivity contribution in [1.29, 1.82) is 0 Å². The van der Waals surface area contributed by atoms with Gasteiger partial charge >= 0.3 is 11.7 Å². The smallest absolute Gasteiger partial charge is 0.359 e. The van der Waals surface area contributed by atoms with Crippen LogP contribution in [0.5, 0.6) is 0 Å². The van der Waals surface area contributed by atoms with Gasteiger partial charge in [-0.15, -0.1) is 0 Å². The number of carboxylic acid groups (broad SMARTS) is 1. The van der Waals surface area contributed by atoms with Gasteiger partial charge in [0.1, 0.15) is 17.0 Å². The lowest BCUT2D eigenvalue weighted by Gasteiger charge is -1.93.